The SMILES string of the molecule is OCCCCOOOCCCCO. The Labute approximate surface area is 78.1 Å². The van der Waals surface area contributed by atoms with E-state index in [1.165, 1.54) is 0 Å². The highest BCUT2D eigenvalue weighted by molar-refractivity contribution is 4.33. The van der Waals surface area contributed by atoms with Gasteiger partial charge in [-0.15, -0.1) is 0 Å². The Bertz CT molecular complexity index is 78.6. The molecule has 0 saturated heterocycles. The smallest absolute Gasteiger partial charge is 0.0854 e. The molecular formula is C8H18O5. The van der Waals surface area contributed by atoms with E-state index in [1.54, 1.807) is 0 Å². The summed E-state index contributed by atoms with van der Waals surface area (Å²) in [6.07, 6.45) is 2.90. The molecular weight excluding hydrogens is 176 g/mol. The third-order valence-corrected chi connectivity index (χ3v) is 1.37. The number of aliphatic hydroxyl groups is 2. The first-order valence-corrected chi connectivity index (χ1v) is 4.54. The summed E-state index contributed by atoms with van der Waals surface area (Å²) in [6, 6.07) is 0. The van der Waals surface area contributed by atoms with Crippen molar-refractivity contribution in [2.24, 2.45) is 0 Å². The van der Waals surface area contributed by atoms with Gasteiger partial charge in [0.15, 0.2) is 0 Å². The van der Waals surface area contributed by atoms with Crippen molar-refractivity contribution in [2.75, 3.05) is 26.4 Å². The fraction of sp³-hybridized carbons (Fsp3) is 1.00. The van der Waals surface area contributed by atoms with Crippen LogP contribution in [0.25, 0.3) is 0 Å². The van der Waals surface area contributed by atoms with Gasteiger partial charge in [-0.3, -0.25) is 0 Å². The van der Waals surface area contributed by atoms with Crippen LogP contribution in [0.5, 0.6) is 0 Å². The molecule has 13 heavy (non-hydrogen) atoms. The highest BCUT2D eigenvalue weighted by atomic mass is 17.5. The average molecular weight is 194 g/mol. The van der Waals surface area contributed by atoms with Crippen LogP contribution in [-0.2, 0) is 14.8 Å². The fourth-order valence-corrected chi connectivity index (χ4v) is 0.648. The number of unbranched alkanes of at least 4 members (excludes halogenated alkanes) is 2. The highest BCUT2D eigenvalue weighted by Crippen LogP contribution is 1.92. The second-order valence-corrected chi connectivity index (χ2v) is 2.57. The number of hydrogen-bond donors (Lipinski definition) is 2. The lowest BCUT2D eigenvalue weighted by Gasteiger charge is -2.01. The lowest BCUT2D eigenvalue weighted by atomic mass is 10.3. The van der Waals surface area contributed by atoms with Crippen LogP contribution in [0.2, 0.25) is 0 Å². The van der Waals surface area contributed by atoms with Crippen LogP contribution >= 0.6 is 0 Å². The van der Waals surface area contributed by atoms with Crippen molar-refractivity contribution >= 4 is 0 Å². The number of hydrogen-bond acceptors (Lipinski definition) is 5. The van der Waals surface area contributed by atoms with E-state index in [1.807, 2.05) is 0 Å². The maximum Gasteiger partial charge on any atom is 0.0854 e. The molecule has 0 radical (unpaired) electrons. The number of rotatable bonds is 10. The molecule has 0 aromatic carbocycles. The van der Waals surface area contributed by atoms with Crippen LogP contribution in [0.1, 0.15) is 25.7 Å². The largest absolute Gasteiger partial charge is 0.396 e. The van der Waals surface area contributed by atoms with Gasteiger partial charge in [0.1, 0.15) is 0 Å². The van der Waals surface area contributed by atoms with Crippen LogP contribution in [0, 0.1) is 0 Å². The van der Waals surface area contributed by atoms with E-state index < -0.39 is 0 Å². The minimum Gasteiger partial charge on any atom is -0.396 e. The van der Waals surface area contributed by atoms with Crippen LogP contribution < -0.4 is 0 Å². The van der Waals surface area contributed by atoms with Crippen molar-refractivity contribution in [3.63, 3.8) is 0 Å². The molecule has 0 amide bonds. The summed E-state index contributed by atoms with van der Waals surface area (Å²) in [6.45, 7) is 1.17. The first kappa shape index (κ1) is 12.8. The molecule has 0 aromatic heterocycles. The molecule has 5 heteroatoms. The van der Waals surface area contributed by atoms with Gasteiger partial charge < -0.3 is 10.2 Å². The minimum atomic E-state index is 0.167. The van der Waals surface area contributed by atoms with E-state index in [2.05, 4.69) is 14.8 Å². The Morgan fingerprint density at radius 1 is 0.692 bits per heavy atom. The van der Waals surface area contributed by atoms with Gasteiger partial charge in [0, 0.05) is 13.2 Å². The molecule has 0 heterocycles. The Balaban J connectivity index is 2.76. The molecule has 80 valence electrons. The molecule has 0 spiro atoms. The van der Waals surface area contributed by atoms with Crippen LogP contribution in [0.15, 0.2) is 0 Å². The molecule has 5 nitrogen and oxygen atoms in total. The molecule has 2 N–H and O–H groups in total. The van der Waals surface area contributed by atoms with E-state index in [0.717, 1.165) is 12.8 Å². The van der Waals surface area contributed by atoms with Crippen LogP contribution in [-0.4, -0.2) is 36.6 Å². The predicted octanol–water partition coefficient (Wildman–Crippen LogP) is 0.411. The van der Waals surface area contributed by atoms with E-state index in [0.29, 0.717) is 26.1 Å². The monoisotopic (exact) mass is 194 g/mol. The lowest BCUT2D eigenvalue weighted by molar-refractivity contribution is -0.512. The van der Waals surface area contributed by atoms with Gasteiger partial charge in [-0.1, -0.05) is 5.04 Å². The molecule has 0 aliphatic rings. The second-order valence-electron chi connectivity index (χ2n) is 2.57. The summed E-state index contributed by atoms with van der Waals surface area (Å²) in [5, 5.41) is 21.2. The summed E-state index contributed by atoms with van der Waals surface area (Å²) in [4.78, 5) is 9.24. The lowest BCUT2D eigenvalue weighted by Crippen LogP contribution is -2.01. The standard InChI is InChI=1S/C8H18O5/c9-5-1-3-7-11-13-12-8-4-2-6-10/h9-10H,1-8H2. The average Bonchev–Trinajstić information content (AvgIpc) is 2.16. The molecule has 0 fully saturated rings. The first-order chi connectivity index (χ1) is 6.41. The summed E-state index contributed by atoms with van der Waals surface area (Å²) in [7, 11) is 0. The van der Waals surface area contributed by atoms with Crippen LogP contribution in [0.3, 0.4) is 0 Å². The summed E-state index contributed by atoms with van der Waals surface area (Å²) >= 11 is 0. The zero-order valence-electron chi connectivity index (χ0n) is 7.78. The van der Waals surface area contributed by atoms with E-state index in [-0.39, 0.29) is 13.2 Å². The van der Waals surface area contributed by atoms with Crippen LogP contribution in [0.4, 0.5) is 0 Å². The Kier molecular flexibility index (Phi) is 11.6. The molecule has 0 saturated carbocycles. The van der Waals surface area contributed by atoms with Crippen molar-refractivity contribution in [1.82, 2.24) is 0 Å². The zero-order chi connectivity index (χ0) is 9.78. The topological polar surface area (TPSA) is 68.2 Å². The Morgan fingerprint density at radius 2 is 1.15 bits per heavy atom. The quantitative estimate of drug-likeness (QED) is 0.299. The summed E-state index contributed by atoms with van der Waals surface area (Å²) in [5.74, 6) is 0. The van der Waals surface area contributed by atoms with Crippen molar-refractivity contribution in [3.05, 3.63) is 0 Å². The Morgan fingerprint density at radius 3 is 1.54 bits per heavy atom. The Hall–Kier alpha value is -0.200. The first-order valence-electron chi connectivity index (χ1n) is 4.54. The van der Waals surface area contributed by atoms with Gasteiger partial charge in [0.25, 0.3) is 0 Å². The normalized spacial score (nSPS) is 10.6. The van der Waals surface area contributed by atoms with Gasteiger partial charge in [-0.2, -0.15) is 0 Å². The second kappa shape index (κ2) is 11.8. The molecule has 0 aliphatic heterocycles. The van der Waals surface area contributed by atoms with Crippen molar-refractivity contribution in [2.45, 2.75) is 25.7 Å². The van der Waals surface area contributed by atoms with Crippen molar-refractivity contribution in [3.8, 4) is 0 Å². The van der Waals surface area contributed by atoms with Gasteiger partial charge in [-0.05, 0) is 25.7 Å². The van der Waals surface area contributed by atoms with E-state index in [4.69, 9.17) is 10.2 Å². The zero-order valence-corrected chi connectivity index (χ0v) is 7.78. The maximum atomic E-state index is 8.41. The fourth-order valence-electron chi connectivity index (χ4n) is 0.648. The van der Waals surface area contributed by atoms with E-state index >= 15 is 0 Å². The van der Waals surface area contributed by atoms with E-state index in [9.17, 15) is 0 Å². The van der Waals surface area contributed by atoms with Crippen molar-refractivity contribution in [1.29, 1.82) is 0 Å². The van der Waals surface area contributed by atoms with Gasteiger partial charge in [0.05, 0.1) is 13.2 Å². The predicted molar refractivity (Wildman–Crippen MR) is 45.6 cm³/mol. The van der Waals surface area contributed by atoms with Gasteiger partial charge in [0.2, 0.25) is 0 Å². The van der Waals surface area contributed by atoms with Crippen molar-refractivity contribution < 1.29 is 25.0 Å². The molecule has 0 rings (SSSR count). The van der Waals surface area contributed by atoms with Gasteiger partial charge in [-0.25, -0.2) is 9.78 Å². The summed E-state index contributed by atoms with van der Waals surface area (Å²) in [5.41, 5.74) is 0. The minimum absolute atomic E-state index is 0.167. The third kappa shape index (κ3) is 11.8. The van der Waals surface area contributed by atoms with Gasteiger partial charge >= 0.3 is 0 Å². The number of aliphatic hydroxyl groups excluding tert-OH is 2. The highest BCUT2D eigenvalue weighted by Gasteiger charge is 1.91. The molecule has 0 atom stereocenters. The third-order valence-electron chi connectivity index (χ3n) is 1.37. The molecule has 0 aromatic rings. The molecule has 0 unspecified atom stereocenters. The molecule has 0 aliphatic carbocycles. The maximum absolute atomic E-state index is 8.41. The summed E-state index contributed by atoms with van der Waals surface area (Å²) < 4.78 is 0. The molecule has 0 bridgehead atoms.